The number of rotatable bonds is 5. The number of nitrogens with zero attached hydrogens (tertiary/aromatic N) is 4. The standard InChI is InChI=1S/C19H20BrN5OS2/c1-4-16(28-18-21-11(2)9-12(3)22-18)17(26)23-19-25-24-15(10-27-19)13-5-7-14(20)8-6-13/h5-9,16H,4,10H2,1-3H3,(H,23,25,26). The molecule has 1 aromatic carbocycles. The van der Waals surface area contributed by atoms with Gasteiger partial charge in [-0.15, -0.1) is 5.10 Å². The first-order valence-electron chi connectivity index (χ1n) is 8.77. The number of amidine groups is 1. The fourth-order valence-electron chi connectivity index (χ4n) is 2.53. The fourth-order valence-corrected chi connectivity index (χ4v) is 4.54. The summed E-state index contributed by atoms with van der Waals surface area (Å²) in [5, 5.41) is 12.2. The van der Waals surface area contributed by atoms with Crippen molar-refractivity contribution in [2.75, 3.05) is 5.75 Å². The first-order valence-corrected chi connectivity index (χ1v) is 11.4. The minimum atomic E-state index is -0.290. The topological polar surface area (TPSA) is 79.6 Å². The predicted octanol–water partition coefficient (Wildman–Crippen LogP) is 4.35. The third-order valence-corrected chi connectivity index (χ3v) is 6.52. The van der Waals surface area contributed by atoms with Gasteiger partial charge in [-0.2, -0.15) is 5.10 Å². The molecule has 1 unspecified atom stereocenters. The predicted molar refractivity (Wildman–Crippen MR) is 120 cm³/mol. The van der Waals surface area contributed by atoms with Crippen molar-refractivity contribution in [2.24, 2.45) is 10.2 Å². The van der Waals surface area contributed by atoms with Crippen LogP contribution in [0.2, 0.25) is 0 Å². The quantitative estimate of drug-likeness (QED) is 0.511. The van der Waals surface area contributed by atoms with Crippen LogP contribution in [-0.4, -0.2) is 37.8 Å². The van der Waals surface area contributed by atoms with Crippen LogP contribution in [0.1, 0.15) is 30.3 Å². The molecule has 0 saturated carbocycles. The number of carbonyl (C=O) groups excluding carboxylic acids is 1. The van der Waals surface area contributed by atoms with Gasteiger partial charge in [-0.1, -0.05) is 58.5 Å². The summed E-state index contributed by atoms with van der Waals surface area (Å²) in [4.78, 5) is 21.5. The van der Waals surface area contributed by atoms with Crippen LogP contribution in [0.5, 0.6) is 0 Å². The van der Waals surface area contributed by atoms with Crippen LogP contribution in [0.3, 0.4) is 0 Å². The van der Waals surface area contributed by atoms with Gasteiger partial charge in [-0.05, 0) is 44.0 Å². The van der Waals surface area contributed by atoms with Crippen LogP contribution in [0, 0.1) is 13.8 Å². The van der Waals surface area contributed by atoms with Gasteiger partial charge < -0.3 is 5.32 Å². The van der Waals surface area contributed by atoms with Crippen LogP contribution in [-0.2, 0) is 4.79 Å². The summed E-state index contributed by atoms with van der Waals surface area (Å²) in [7, 11) is 0. The molecule has 1 amide bonds. The molecule has 1 N–H and O–H groups in total. The van der Waals surface area contributed by atoms with Crippen molar-refractivity contribution in [3.63, 3.8) is 0 Å². The molecule has 1 aromatic heterocycles. The molecule has 0 spiro atoms. The van der Waals surface area contributed by atoms with Crippen molar-refractivity contribution in [3.05, 3.63) is 51.8 Å². The number of hydrogen-bond acceptors (Lipinski definition) is 7. The Morgan fingerprint density at radius 2 is 1.89 bits per heavy atom. The molecule has 1 atom stereocenters. The summed E-state index contributed by atoms with van der Waals surface area (Å²) in [6.45, 7) is 5.82. The van der Waals surface area contributed by atoms with E-state index in [9.17, 15) is 4.79 Å². The summed E-state index contributed by atoms with van der Waals surface area (Å²) < 4.78 is 1.02. The highest BCUT2D eigenvalue weighted by molar-refractivity contribution is 9.10. The number of aryl methyl sites for hydroxylation is 2. The molecule has 1 aliphatic heterocycles. The highest BCUT2D eigenvalue weighted by atomic mass is 79.9. The zero-order valence-corrected chi connectivity index (χ0v) is 19.0. The maximum Gasteiger partial charge on any atom is 0.239 e. The van der Waals surface area contributed by atoms with Gasteiger partial charge >= 0.3 is 0 Å². The summed E-state index contributed by atoms with van der Waals surface area (Å²) in [6.07, 6.45) is 0.665. The molecule has 0 saturated heterocycles. The fraction of sp³-hybridized carbons (Fsp3) is 0.316. The third-order valence-electron chi connectivity index (χ3n) is 3.89. The largest absolute Gasteiger partial charge is 0.303 e. The number of hydrogen-bond donors (Lipinski definition) is 1. The molecular weight excluding hydrogens is 458 g/mol. The van der Waals surface area contributed by atoms with E-state index < -0.39 is 0 Å². The molecule has 9 heteroatoms. The highest BCUT2D eigenvalue weighted by Crippen LogP contribution is 2.24. The Balaban J connectivity index is 1.65. The van der Waals surface area contributed by atoms with Gasteiger partial charge in [0.25, 0.3) is 0 Å². The normalized spacial score (nSPS) is 14.9. The molecule has 0 bridgehead atoms. The van der Waals surface area contributed by atoms with Gasteiger partial charge in [-0.25, -0.2) is 9.97 Å². The van der Waals surface area contributed by atoms with Crippen molar-refractivity contribution in [3.8, 4) is 0 Å². The lowest BCUT2D eigenvalue weighted by Crippen LogP contribution is -2.37. The van der Waals surface area contributed by atoms with Gasteiger partial charge in [-0.3, -0.25) is 4.79 Å². The van der Waals surface area contributed by atoms with Gasteiger partial charge in [0.1, 0.15) is 0 Å². The molecule has 2 heterocycles. The van der Waals surface area contributed by atoms with E-state index in [2.05, 4.69) is 41.4 Å². The van der Waals surface area contributed by atoms with E-state index in [1.165, 1.54) is 23.5 Å². The van der Waals surface area contributed by atoms with E-state index in [4.69, 9.17) is 0 Å². The van der Waals surface area contributed by atoms with E-state index in [0.29, 0.717) is 22.5 Å². The summed E-state index contributed by atoms with van der Waals surface area (Å²) >= 11 is 6.27. The summed E-state index contributed by atoms with van der Waals surface area (Å²) in [5.41, 5.74) is 3.71. The molecule has 0 aliphatic carbocycles. The zero-order valence-electron chi connectivity index (χ0n) is 15.8. The molecule has 2 aromatic rings. The van der Waals surface area contributed by atoms with E-state index in [0.717, 1.165) is 27.1 Å². The molecule has 1 aliphatic rings. The second-order valence-corrected chi connectivity index (χ2v) is 9.23. The lowest BCUT2D eigenvalue weighted by molar-refractivity contribution is -0.119. The van der Waals surface area contributed by atoms with Crippen molar-refractivity contribution in [1.29, 1.82) is 0 Å². The van der Waals surface area contributed by atoms with Crippen LogP contribution in [0.4, 0.5) is 0 Å². The first kappa shape index (κ1) is 21.0. The van der Waals surface area contributed by atoms with E-state index in [1.54, 1.807) is 0 Å². The SMILES string of the molecule is CCC(Sc1nc(C)cc(C)n1)C(=O)NC1=NN=C(c2ccc(Br)cc2)CS1. The minimum Gasteiger partial charge on any atom is -0.303 e. The number of amides is 1. The average molecular weight is 478 g/mol. The molecule has 146 valence electrons. The lowest BCUT2D eigenvalue weighted by atomic mass is 10.1. The Morgan fingerprint density at radius 1 is 1.21 bits per heavy atom. The monoisotopic (exact) mass is 477 g/mol. The second kappa shape index (κ2) is 9.67. The smallest absolute Gasteiger partial charge is 0.239 e. The van der Waals surface area contributed by atoms with Gasteiger partial charge in [0.2, 0.25) is 5.91 Å². The summed E-state index contributed by atoms with van der Waals surface area (Å²) in [5.74, 6) is 0.550. The number of benzene rings is 1. The minimum absolute atomic E-state index is 0.108. The highest BCUT2D eigenvalue weighted by Gasteiger charge is 2.22. The molecule has 6 nitrogen and oxygen atoms in total. The van der Waals surface area contributed by atoms with Crippen molar-refractivity contribution in [1.82, 2.24) is 15.3 Å². The number of halogens is 1. The summed E-state index contributed by atoms with van der Waals surface area (Å²) in [6, 6.07) is 9.86. The molecule has 28 heavy (non-hydrogen) atoms. The van der Waals surface area contributed by atoms with Gasteiger partial charge in [0.15, 0.2) is 10.3 Å². The van der Waals surface area contributed by atoms with Crippen molar-refractivity contribution >= 4 is 56.2 Å². The maximum absolute atomic E-state index is 12.7. The van der Waals surface area contributed by atoms with E-state index in [-0.39, 0.29) is 11.2 Å². The maximum atomic E-state index is 12.7. The van der Waals surface area contributed by atoms with Crippen molar-refractivity contribution < 1.29 is 4.79 Å². The van der Waals surface area contributed by atoms with Crippen LogP contribution < -0.4 is 5.32 Å². The lowest BCUT2D eigenvalue weighted by Gasteiger charge is -2.16. The van der Waals surface area contributed by atoms with Crippen LogP contribution in [0.25, 0.3) is 0 Å². The Kier molecular flexibility index (Phi) is 7.25. The Morgan fingerprint density at radius 3 is 2.46 bits per heavy atom. The Hall–Kier alpha value is -1.71. The number of nitrogens with one attached hydrogen (secondary N) is 1. The van der Waals surface area contributed by atoms with Gasteiger partial charge in [0.05, 0.1) is 11.0 Å². The molecule has 3 rings (SSSR count). The first-order chi connectivity index (χ1) is 13.4. The zero-order chi connectivity index (χ0) is 20.1. The molecule has 0 radical (unpaired) electrons. The number of carbonyl (C=O) groups is 1. The average Bonchev–Trinajstić information content (AvgIpc) is 2.66. The van der Waals surface area contributed by atoms with Gasteiger partial charge in [0, 0.05) is 21.6 Å². The second-order valence-electron chi connectivity index (χ2n) is 6.18. The third kappa shape index (κ3) is 5.65. The van der Waals surface area contributed by atoms with Crippen molar-refractivity contribution in [2.45, 2.75) is 37.6 Å². The Bertz CT molecular complexity index is 910. The molecule has 0 fully saturated rings. The Labute approximate surface area is 181 Å². The number of aromatic nitrogens is 2. The van der Waals surface area contributed by atoms with Crippen LogP contribution >= 0.6 is 39.5 Å². The van der Waals surface area contributed by atoms with E-state index in [1.807, 2.05) is 51.1 Å². The van der Waals surface area contributed by atoms with E-state index >= 15 is 0 Å². The van der Waals surface area contributed by atoms with Crippen LogP contribution in [0.15, 0.2) is 50.2 Å². The molecular formula is C19H20BrN5OS2. The number of thioether (sulfide) groups is 2.